The first-order chi connectivity index (χ1) is 9.99. The molecule has 0 aromatic heterocycles. The molecule has 1 rings (SSSR count). The van der Waals surface area contributed by atoms with Crippen molar-refractivity contribution >= 4 is 18.2 Å². The van der Waals surface area contributed by atoms with Crippen molar-refractivity contribution < 1.29 is 23.9 Å². The molecule has 0 saturated carbocycles. The first-order valence-corrected chi connectivity index (χ1v) is 6.62. The summed E-state index contributed by atoms with van der Waals surface area (Å²) in [6.45, 7) is 6.82. The number of hydrogen-bond acceptors (Lipinski definition) is 5. The third kappa shape index (κ3) is 4.87. The molecule has 0 amide bonds. The fraction of sp³-hybridized carbons (Fsp3) is 0.312. The molecule has 5 nitrogen and oxygen atoms in total. The van der Waals surface area contributed by atoms with Crippen molar-refractivity contribution in [1.82, 2.24) is 0 Å². The van der Waals surface area contributed by atoms with Gasteiger partial charge in [-0.2, -0.15) is 0 Å². The number of carbonyl (C=O) groups is 3. The van der Waals surface area contributed by atoms with Crippen molar-refractivity contribution in [3.05, 3.63) is 42.0 Å². The van der Waals surface area contributed by atoms with Gasteiger partial charge in [0.05, 0.1) is 5.56 Å². The van der Waals surface area contributed by atoms with Crippen LogP contribution in [0.4, 0.5) is 0 Å². The lowest BCUT2D eigenvalue weighted by molar-refractivity contribution is -0.159. The number of para-hydroxylation sites is 1. The van der Waals surface area contributed by atoms with Crippen LogP contribution in [0.3, 0.4) is 0 Å². The van der Waals surface area contributed by atoms with Crippen LogP contribution < -0.4 is 4.74 Å². The number of rotatable bonds is 7. The Bertz CT molecular complexity index is 547. The summed E-state index contributed by atoms with van der Waals surface area (Å²) in [7, 11) is 0. The van der Waals surface area contributed by atoms with E-state index in [1.54, 1.807) is 12.1 Å². The molecule has 1 aromatic carbocycles. The van der Waals surface area contributed by atoms with Crippen molar-refractivity contribution in [1.29, 1.82) is 0 Å². The van der Waals surface area contributed by atoms with Crippen LogP contribution in [-0.2, 0) is 14.3 Å². The van der Waals surface area contributed by atoms with Gasteiger partial charge in [-0.15, -0.1) is 0 Å². The van der Waals surface area contributed by atoms with Gasteiger partial charge in [0.25, 0.3) is 0 Å². The van der Waals surface area contributed by atoms with Crippen LogP contribution in [-0.4, -0.2) is 24.3 Å². The molecule has 0 N–H and O–H groups in total. The molecule has 112 valence electrons. The fourth-order valence-corrected chi connectivity index (χ4v) is 1.56. The highest BCUT2D eigenvalue weighted by Crippen LogP contribution is 2.18. The molecule has 0 aliphatic carbocycles. The minimum Gasteiger partial charge on any atom is -0.447 e. The van der Waals surface area contributed by atoms with Gasteiger partial charge in [0.2, 0.25) is 0 Å². The average molecular weight is 290 g/mol. The van der Waals surface area contributed by atoms with E-state index in [1.165, 1.54) is 19.1 Å². The van der Waals surface area contributed by atoms with E-state index >= 15 is 0 Å². The molecule has 5 heteroatoms. The topological polar surface area (TPSA) is 69.7 Å². The highest BCUT2D eigenvalue weighted by molar-refractivity contribution is 5.90. The van der Waals surface area contributed by atoms with Gasteiger partial charge in [0, 0.05) is 5.57 Å². The van der Waals surface area contributed by atoms with Crippen LogP contribution in [0, 0.1) is 0 Å². The number of carbonyl (C=O) groups excluding carboxylic acids is 3. The first-order valence-electron chi connectivity index (χ1n) is 6.62. The first kappa shape index (κ1) is 16.6. The second-order valence-corrected chi connectivity index (χ2v) is 4.54. The summed E-state index contributed by atoms with van der Waals surface area (Å²) < 4.78 is 10.2. The summed E-state index contributed by atoms with van der Waals surface area (Å²) in [5.74, 6) is -1.21. The molecular weight excluding hydrogens is 272 g/mol. The van der Waals surface area contributed by atoms with Gasteiger partial charge in [-0.3, -0.25) is 4.79 Å². The largest absolute Gasteiger partial charge is 0.447 e. The molecule has 0 heterocycles. The number of benzene rings is 1. The van der Waals surface area contributed by atoms with Gasteiger partial charge in [-0.25, -0.2) is 9.59 Å². The molecule has 21 heavy (non-hydrogen) atoms. The second kappa shape index (κ2) is 7.99. The van der Waals surface area contributed by atoms with Crippen molar-refractivity contribution in [2.75, 3.05) is 0 Å². The molecule has 0 fully saturated rings. The van der Waals surface area contributed by atoms with E-state index in [1.807, 2.05) is 6.92 Å². The van der Waals surface area contributed by atoms with Gasteiger partial charge < -0.3 is 9.47 Å². The normalized spacial score (nSPS) is 11.3. The Balaban J connectivity index is 2.83. The molecule has 1 unspecified atom stereocenters. The van der Waals surface area contributed by atoms with Crippen LogP contribution in [0.5, 0.6) is 5.75 Å². The summed E-state index contributed by atoms with van der Waals surface area (Å²) in [5.41, 5.74) is 0.463. The Kier molecular flexibility index (Phi) is 6.33. The van der Waals surface area contributed by atoms with E-state index in [0.717, 1.165) is 0 Å². The molecule has 0 radical (unpaired) electrons. The zero-order chi connectivity index (χ0) is 15.8. The van der Waals surface area contributed by atoms with Crippen molar-refractivity contribution in [3.8, 4) is 5.75 Å². The Labute approximate surface area is 123 Å². The Morgan fingerprint density at radius 3 is 2.57 bits per heavy atom. The molecule has 0 aliphatic heterocycles. The second-order valence-electron chi connectivity index (χ2n) is 4.54. The summed E-state index contributed by atoms with van der Waals surface area (Å²) in [5, 5.41) is 0. The molecule has 0 saturated heterocycles. The van der Waals surface area contributed by atoms with Gasteiger partial charge in [0.1, 0.15) is 5.75 Å². The van der Waals surface area contributed by atoms with E-state index in [4.69, 9.17) is 9.47 Å². The van der Waals surface area contributed by atoms with Crippen LogP contribution >= 0.6 is 0 Å². The number of ether oxygens (including phenoxy) is 2. The zero-order valence-electron chi connectivity index (χ0n) is 12.1. The highest BCUT2D eigenvalue weighted by Gasteiger charge is 2.25. The van der Waals surface area contributed by atoms with Crippen molar-refractivity contribution in [2.45, 2.75) is 32.8 Å². The molecule has 0 bridgehead atoms. The summed E-state index contributed by atoms with van der Waals surface area (Å²) in [6.07, 6.45) is 0.552. The minimum atomic E-state index is -1.01. The maximum Gasteiger partial charge on any atom is 0.352 e. The predicted molar refractivity (Wildman–Crippen MR) is 77.1 cm³/mol. The van der Waals surface area contributed by atoms with Gasteiger partial charge in [-0.1, -0.05) is 32.1 Å². The Morgan fingerprint density at radius 1 is 1.33 bits per heavy atom. The average Bonchev–Trinajstić information content (AvgIpc) is 2.47. The summed E-state index contributed by atoms with van der Waals surface area (Å²) in [6, 6.07) is 6.34. The predicted octanol–water partition coefficient (Wildman–Crippen LogP) is 2.69. The quantitative estimate of drug-likeness (QED) is 0.334. The summed E-state index contributed by atoms with van der Waals surface area (Å²) >= 11 is 0. The molecule has 1 atom stereocenters. The van der Waals surface area contributed by atoms with Gasteiger partial charge in [0.15, 0.2) is 12.4 Å². The zero-order valence-corrected chi connectivity index (χ0v) is 12.1. The van der Waals surface area contributed by atoms with Crippen LogP contribution in [0.15, 0.2) is 36.4 Å². The Morgan fingerprint density at radius 2 is 2.00 bits per heavy atom. The van der Waals surface area contributed by atoms with E-state index in [-0.39, 0.29) is 16.9 Å². The molecular formula is C16H18O5. The van der Waals surface area contributed by atoms with E-state index < -0.39 is 18.0 Å². The van der Waals surface area contributed by atoms with Crippen molar-refractivity contribution in [2.24, 2.45) is 0 Å². The van der Waals surface area contributed by atoms with Gasteiger partial charge >= 0.3 is 11.9 Å². The maximum atomic E-state index is 12.1. The lowest BCUT2D eigenvalue weighted by atomic mass is 10.2. The standard InChI is InChI=1S/C16H18O5/c1-4-7-14(21-15(18)11(2)3)16(19)20-13-9-6-5-8-12(13)10-17/h5-6,8-10,14H,2,4,7H2,1,3H3. The molecule has 1 aromatic rings. The third-order valence-electron chi connectivity index (χ3n) is 2.67. The third-order valence-corrected chi connectivity index (χ3v) is 2.67. The van der Waals surface area contributed by atoms with Gasteiger partial charge in [-0.05, 0) is 25.5 Å². The lowest BCUT2D eigenvalue weighted by Crippen LogP contribution is -2.31. The minimum absolute atomic E-state index is 0.143. The fourth-order valence-electron chi connectivity index (χ4n) is 1.56. The highest BCUT2D eigenvalue weighted by atomic mass is 16.6. The van der Waals surface area contributed by atoms with E-state index in [0.29, 0.717) is 19.1 Å². The van der Waals surface area contributed by atoms with E-state index in [2.05, 4.69) is 6.58 Å². The molecule has 0 spiro atoms. The van der Waals surface area contributed by atoms with Crippen molar-refractivity contribution in [3.63, 3.8) is 0 Å². The van der Waals surface area contributed by atoms with Crippen LogP contribution in [0.1, 0.15) is 37.0 Å². The number of aldehydes is 1. The Hall–Kier alpha value is -2.43. The van der Waals surface area contributed by atoms with E-state index in [9.17, 15) is 14.4 Å². The number of esters is 2. The molecule has 0 aliphatic rings. The number of hydrogen-bond donors (Lipinski definition) is 0. The SMILES string of the molecule is C=C(C)C(=O)OC(CCC)C(=O)Oc1ccccc1C=O. The smallest absolute Gasteiger partial charge is 0.352 e. The van der Waals surface area contributed by atoms with Crippen LogP contribution in [0.25, 0.3) is 0 Å². The maximum absolute atomic E-state index is 12.1. The monoisotopic (exact) mass is 290 g/mol. The van der Waals surface area contributed by atoms with Crippen LogP contribution in [0.2, 0.25) is 0 Å². The summed E-state index contributed by atoms with van der Waals surface area (Å²) in [4.78, 5) is 34.5. The lowest BCUT2D eigenvalue weighted by Gasteiger charge is -2.16.